The monoisotopic (exact) mass is 171 g/mol. The zero-order valence-electron chi connectivity index (χ0n) is 6.44. The SMILES string of the molecule is OCCCCN1C=CC=CS1. The molecule has 0 radical (unpaired) electrons. The number of rotatable bonds is 4. The molecule has 62 valence electrons. The average molecular weight is 171 g/mol. The molecule has 0 saturated heterocycles. The third-order valence-corrected chi connectivity index (χ3v) is 2.28. The van der Waals surface area contributed by atoms with E-state index >= 15 is 0 Å². The van der Waals surface area contributed by atoms with Crippen molar-refractivity contribution in [1.29, 1.82) is 0 Å². The number of aliphatic hydroxyl groups excluding tert-OH is 1. The van der Waals surface area contributed by atoms with Gasteiger partial charge in [0.1, 0.15) is 0 Å². The second-order valence-corrected chi connectivity index (χ2v) is 3.30. The molecule has 11 heavy (non-hydrogen) atoms. The fourth-order valence-electron chi connectivity index (χ4n) is 0.846. The van der Waals surface area contributed by atoms with Crippen molar-refractivity contribution in [1.82, 2.24) is 4.31 Å². The van der Waals surface area contributed by atoms with Crippen LogP contribution >= 0.6 is 11.9 Å². The van der Waals surface area contributed by atoms with E-state index in [1.54, 1.807) is 11.9 Å². The van der Waals surface area contributed by atoms with E-state index in [4.69, 9.17) is 5.11 Å². The van der Waals surface area contributed by atoms with Crippen molar-refractivity contribution in [3.63, 3.8) is 0 Å². The van der Waals surface area contributed by atoms with Gasteiger partial charge in [0.05, 0.1) is 0 Å². The van der Waals surface area contributed by atoms with Gasteiger partial charge in [-0.2, -0.15) is 0 Å². The molecule has 0 bridgehead atoms. The number of hydrogen-bond acceptors (Lipinski definition) is 3. The van der Waals surface area contributed by atoms with Crippen LogP contribution in [0.5, 0.6) is 0 Å². The Morgan fingerprint density at radius 1 is 1.27 bits per heavy atom. The summed E-state index contributed by atoms with van der Waals surface area (Å²) in [5.74, 6) is 0. The number of allylic oxidation sites excluding steroid dienone is 2. The van der Waals surface area contributed by atoms with E-state index in [2.05, 4.69) is 15.9 Å². The van der Waals surface area contributed by atoms with E-state index < -0.39 is 0 Å². The highest BCUT2D eigenvalue weighted by molar-refractivity contribution is 8.00. The van der Waals surface area contributed by atoms with Crippen LogP contribution in [0.25, 0.3) is 0 Å². The molecular weight excluding hydrogens is 158 g/mol. The first-order valence-electron chi connectivity index (χ1n) is 3.81. The van der Waals surface area contributed by atoms with Crippen molar-refractivity contribution in [2.24, 2.45) is 0 Å². The van der Waals surface area contributed by atoms with Crippen LogP contribution in [-0.4, -0.2) is 22.6 Å². The van der Waals surface area contributed by atoms with Gasteiger partial charge in [0.25, 0.3) is 0 Å². The van der Waals surface area contributed by atoms with E-state index in [0.29, 0.717) is 6.61 Å². The summed E-state index contributed by atoms with van der Waals surface area (Å²) in [6.07, 6.45) is 8.06. The molecule has 0 atom stereocenters. The second kappa shape index (κ2) is 5.27. The largest absolute Gasteiger partial charge is 0.396 e. The van der Waals surface area contributed by atoms with Crippen molar-refractivity contribution in [3.05, 3.63) is 23.8 Å². The summed E-state index contributed by atoms with van der Waals surface area (Å²) >= 11 is 1.70. The highest BCUT2D eigenvalue weighted by atomic mass is 32.2. The number of nitrogens with zero attached hydrogens (tertiary/aromatic N) is 1. The summed E-state index contributed by atoms with van der Waals surface area (Å²) < 4.78 is 2.16. The Balaban J connectivity index is 2.07. The lowest BCUT2D eigenvalue weighted by Gasteiger charge is -2.17. The maximum atomic E-state index is 8.54. The minimum absolute atomic E-state index is 0.304. The molecule has 0 aromatic heterocycles. The Labute approximate surface area is 71.7 Å². The molecule has 0 spiro atoms. The molecular formula is C8H13NOS. The Bertz CT molecular complexity index is 156. The van der Waals surface area contributed by atoms with E-state index in [0.717, 1.165) is 19.4 Å². The van der Waals surface area contributed by atoms with Crippen molar-refractivity contribution in [2.75, 3.05) is 13.2 Å². The van der Waals surface area contributed by atoms with Gasteiger partial charge in [0.15, 0.2) is 0 Å². The molecule has 3 heteroatoms. The molecule has 0 aliphatic carbocycles. The first-order valence-corrected chi connectivity index (χ1v) is 4.65. The van der Waals surface area contributed by atoms with E-state index in [1.807, 2.05) is 12.2 Å². The summed E-state index contributed by atoms with van der Waals surface area (Å²) in [6, 6.07) is 0. The van der Waals surface area contributed by atoms with Crippen molar-refractivity contribution < 1.29 is 5.11 Å². The van der Waals surface area contributed by atoms with Gasteiger partial charge in [0, 0.05) is 19.4 Å². The lowest BCUT2D eigenvalue weighted by molar-refractivity contribution is 0.281. The van der Waals surface area contributed by atoms with Crippen LogP contribution in [0, 0.1) is 0 Å². The normalized spacial score (nSPS) is 15.9. The van der Waals surface area contributed by atoms with E-state index in [-0.39, 0.29) is 0 Å². The Kier molecular flexibility index (Phi) is 4.16. The minimum atomic E-state index is 0.304. The van der Waals surface area contributed by atoms with Crippen LogP contribution in [0.1, 0.15) is 12.8 Å². The molecule has 0 saturated carbocycles. The van der Waals surface area contributed by atoms with Gasteiger partial charge in [-0.1, -0.05) is 6.08 Å². The molecule has 1 heterocycles. The van der Waals surface area contributed by atoms with Crippen molar-refractivity contribution >= 4 is 11.9 Å². The molecule has 0 amide bonds. The first-order chi connectivity index (χ1) is 5.43. The fraction of sp³-hybridized carbons (Fsp3) is 0.500. The molecule has 1 rings (SSSR count). The van der Waals surface area contributed by atoms with Crippen molar-refractivity contribution in [3.8, 4) is 0 Å². The average Bonchev–Trinajstić information content (AvgIpc) is 2.07. The van der Waals surface area contributed by atoms with Crippen LogP contribution in [0.3, 0.4) is 0 Å². The quantitative estimate of drug-likeness (QED) is 0.515. The summed E-state index contributed by atoms with van der Waals surface area (Å²) in [5, 5.41) is 10.6. The Hall–Kier alpha value is -0.410. The van der Waals surface area contributed by atoms with Crippen molar-refractivity contribution in [2.45, 2.75) is 12.8 Å². The summed E-state index contributed by atoms with van der Waals surface area (Å²) in [5.41, 5.74) is 0. The predicted molar refractivity (Wildman–Crippen MR) is 48.9 cm³/mol. The van der Waals surface area contributed by atoms with Crippen LogP contribution in [-0.2, 0) is 0 Å². The third-order valence-electron chi connectivity index (χ3n) is 1.42. The lowest BCUT2D eigenvalue weighted by atomic mass is 10.3. The van der Waals surface area contributed by atoms with Gasteiger partial charge >= 0.3 is 0 Å². The Morgan fingerprint density at radius 2 is 2.18 bits per heavy atom. The topological polar surface area (TPSA) is 23.5 Å². The lowest BCUT2D eigenvalue weighted by Crippen LogP contribution is -2.10. The first kappa shape index (κ1) is 8.68. The van der Waals surface area contributed by atoms with Crippen LogP contribution in [0.15, 0.2) is 23.8 Å². The van der Waals surface area contributed by atoms with Gasteiger partial charge in [0.2, 0.25) is 0 Å². The number of unbranched alkanes of at least 4 members (excludes halogenated alkanes) is 1. The van der Waals surface area contributed by atoms with Crippen LogP contribution < -0.4 is 0 Å². The number of hydrogen-bond donors (Lipinski definition) is 1. The molecule has 1 aliphatic rings. The van der Waals surface area contributed by atoms with Gasteiger partial charge in [-0.05, 0) is 36.3 Å². The molecule has 0 fully saturated rings. The molecule has 0 aromatic rings. The zero-order chi connectivity index (χ0) is 7.94. The molecule has 2 nitrogen and oxygen atoms in total. The maximum absolute atomic E-state index is 8.54. The minimum Gasteiger partial charge on any atom is -0.396 e. The van der Waals surface area contributed by atoms with Crippen LogP contribution in [0.4, 0.5) is 0 Å². The Morgan fingerprint density at radius 3 is 2.82 bits per heavy atom. The van der Waals surface area contributed by atoms with Crippen LogP contribution in [0.2, 0.25) is 0 Å². The standard InChI is InChI=1S/C8H13NOS/c10-7-3-1-5-9-6-2-4-8-11-9/h2,4,6,8,10H,1,3,5,7H2. The summed E-state index contributed by atoms with van der Waals surface area (Å²) in [7, 11) is 0. The van der Waals surface area contributed by atoms with E-state index in [1.165, 1.54) is 0 Å². The van der Waals surface area contributed by atoms with Gasteiger partial charge in [-0.3, -0.25) is 0 Å². The maximum Gasteiger partial charge on any atom is 0.0431 e. The fourth-order valence-corrected chi connectivity index (χ4v) is 1.54. The second-order valence-electron chi connectivity index (χ2n) is 2.35. The molecule has 0 unspecified atom stereocenters. The molecule has 0 aromatic carbocycles. The highest BCUT2D eigenvalue weighted by Gasteiger charge is 1.98. The predicted octanol–water partition coefficient (Wildman–Crippen LogP) is 1.75. The molecule has 1 N–H and O–H groups in total. The highest BCUT2D eigenvalue weighted by Crippen LogP contribution is 2.16. The summed E-state index contributed by atoms with van der Waals surface area (Å²) in [6.45, 7) is 1.32. The van der Waals surface area contributed by atoms with Gasteiger partial charge in [-0.25, -0.2) is 0 Å². The van der Waals surface area contributed by atoms with Gasteiger partial charge < -0.3 is 9.41 Å². The third kappa shape index (κ3) is 3.49. The zero-order valence-corrected chi connectivity index (χ0v) is 7.26. The van der Waals surface area contributed by atoms with E-state index in [9.17, 15) is 0 Å². The summed E-state index contributed by atoms with van der Waals surface area (Å²) in [4.78, 5) is 0. The smallest absolute Gasteiger partial charge is 0.0431 e. The molecule has 1 aliphatic heterocycles. The number of aliphatic hydroxyl groups is 1. The van der Waals surface area contributed by atoms with Gasteiger partial charge in [-0.15, -0.1) is 0 Å².